The molecule has 0 unspecified atom stereocenters. The fraction of sp³-hybridized carbons (Fsp3) is 0.200. The molecule has 0 aliphatic rings. The molecule has 21 heavy (non-hydrogen) atoms. The molecule has 2 aromatic rings. The Hall–Kier alpha value is -2.08. The van der Waals surface area contributed by atoms with Gasteiger partial charge in [0.1, 0.15) is 11.4 Å². The molecule has 0 saturated carbocycles. The summed E-state index contributed by atoms with van der Waals surface area (Å²) in [6.07, 6.45) is 0. The van der Waals surface area contributed by atoms with Gasteiger partial charge in [0.25, 0.3) is 5.91 Å². The molecule has 0 fully saturated rings. The van der Waals surface area contributed by atoms with E-state index in [2.05, 4.69) is 20.9 Å². The molecule has 1 aromatic carbocycles. The maximum absolute atomic E-state index is 12.3. The van der Waals surface area contributed by atoms with Gasteiger partial charge in [0.15, 0.2) is 0 Å². The molecular formula is C15H15BrN2O3. The van der Waals surface area contributed by atoms with E-state index in [1.54, 1.807) is 26.3 Å². The molecule has 1 N–H and O–H groups in total. The average Bonchev–Trinajstić information content (AvgIpc) is 2.46. The molecular weight excluding hydrogens is 336 g/mol. The minimum absolute atomic E-state index is 0.255. The van der Waals surface area contributed by atoms with Crippen LogP contribution in [0.25, 0.3) is 0 Å². The van der Waals surface area contributed by atoms with Gasteiger partial charge in [-0.1, -0.05) is 22.0 Å². The number of aromatic amines is 1. The fourth-order valence-electron chi connectivity index (χ4n) is 1.98. The summed E-state index contributed by atoms with van der Waals surface area (Å²) in [5.41, 5.74) is 0.842. The largest absolute Gasteiger partial charge is 0.496 e. The first kappa shape index (κ1) is 15.3. The summed E-state index contributed by atoms with van der Waals surface area (Å²) in [6.45, 7) is 0.373. The van der Waals surface area contributed by atoms with Gasteiger partial charge in [-0.2, -0.15) is 0 Å². The number of rotatable bonds is 4. The van der Waals surface area contributed by atoms with Gasteiger partial charge in [-0.15, -0.1) is 0 Å². The van der Waals surface area contributed by atoms with Gasteiger partial charge in [0.05, 0.1) is 7.11 Å². The Labute approximate surface area is 130 Å². The molecule has 1 heterocycles. The topological polar surface area (TPSA) is 62.4 Å². The van der Waals surface area contributed by atoms with Crippen LogP contribution in [0.1, 0.15) is 16.1 Å². The van der Waals surface area contributed by atoms with E-state index in [-0.39, 0.29) is 17.2 Å². The highest BCUT2D eigenvalue weighted by atomic mass is 79.9. The molecule has 0 spiro atoms. The van der Waals surface area contributed by atoms with E-state index >= 15 is 0 Å². The first-order valence-electron chi connectivity index (χ1n) is 6.28. The number of methoxy groups -OCH3 is 1. The first-order chi connectivity index (χ1) is 10.0. The lowest BCUT2D eigenvalue weighted by molar-refractivity contribution is 0.0778. The second-order valence-corrected chi connectivity index (χ2v) is 5.46. The third-order valence-electron chi connectivity index (χ3n) is 3.00. The number of nitrogens with one attached hydrogen (secondary N) is 1. The smallest absolute Gasteiger partial charge is 0.270 e. The van der Waals surface area contributed by atoms with E-state index < -0.39 is 0 Å². The molecule has 0 atom stereocenters. The summed E-state index contributed by atoms with van der Waals surface area (Å²) in [5.74, 6) is 0.453. The van der Waals surface area contributed by atoms with E-state index in [0.717, 1.165) is 10.0 Å². The predicted octanol–water partition coefficient (Wildman–Crippen LogP) is 2.42. The van der Waals surface area contributed by atoms with E-state index in [9.17, 15) is 9.59 Å². The molecule has 1 aromatic heterocycles. The first-order valence-corrected chi connectivity index (χ1v) is 7.08. The van der Waals surface area contributed by atoms with Gasteiger partial charge in [0.2, 0.25) is 5.56 Å². The normalized spacial score (nSPS) is 10.2. The Bertz CT molecular complexity index is 712. The molecule has 6 heteroatoms. The highest BCUT2D eigenvalue weighted by Gasteiger charge is 2.15. The third-order valence-corrected chi connectivity index (χ3v) is 3.49. The summed E-state index contributed by atoms with van der Waals surface area (Å²) in [7, 11) is 3.26. The summed E-state index contributed by atoms with van der Waals surface area (Å²) < 4.78 is 6.20. The molecule has 110 valence electrons. The Morgan fingerprint density at radius 1 is 1.33 bits per heavy atom. The standard InChI is InChI=1S/C15H15BrN2O3/c1-18(15(20)12-4-3-5-14(19)17-12)9-10-8-11(16)6-7-13(10)21-2/h3-8H,9H2,1-2H3,(H,17,19). The second-order valence-electron chi connectivity index (χ2n) is 4.55. The van der Waals surface area contributed by atoms with Crippen LogP contribution in [0.4, 0.5) is 0 Å². The van der Waals surface area contributed by atoms with Crippen molar-refractivity contribution in [3.63, 3.8) is 0 Å². The van der Waals surface area contributed by atoms with Crippen molar-refractivity contribution in [1.82, 2.24) is 9.88 Å². The zero-order chi connectivity index (χ0) is 15.4. The summed E-state index contributed by atoms with van der Waals surface area (Å²) >= 11 is 3.40. The fourth-order valence-corrected chi connectivity index (χ4v) is 2.38. The lowest BCUT2D eigenvalue weighted by atomic mass is 10.2. The predicted molar refractivity (Wildman–Crippen MR) is 83.6 cm³/mol. The number of pyridine rings is 1. The quantitative estimate of drug-likeness (QED) is 0.920. The van der Waals surface area contributed by atoms with Crippen molar-refractivity contribution < 1.29 is 9.53 Å². The second kappa shape index (κ2) is 6.58. The maximum Gasteiger partial charge on any atom is 0.270 e. The molecule has 2 rings (SSSR count). The maximum atomic E-state index is 12.3. The van der Waals surface area contributed by atoms with Crippen LogP contribution in [0.15, 0.2) is 45.7 Å². The van der Waals surface area contributed by atoms with Crippen LogP contribution >= 0.6 is 15.9 Å². The number of nitrogens with zero attached hydrogens (tertiary/aromatic N) is 1. The van der Waals surface area contributed by atoms with E-state index in [0.29, 0.717) is 12.3 Å². The van der Waals surface area contributed by atoms with Crippen LogP contribution in [0.3, 0.4) is 0 Å². The van der Waals surface area contributed by atoms with Gasteiger partial charge in [-0.25, -0.2) is 0 Å². The number of benzene rings is 1. The van der Waals surface area contributed by atoms with Gasteiger partial charge < -0.3 is 14.6 Å². The number of halogens is 1. The van der Waals surface area contributed by atoms with Crippen LogP contribution in [-0.4, -0.2) is 29.9 Å². The van der Waals surface area contributed by atoms with Crippen LogP contribution in [0, 0.1) is 0 Å². The molecule has 5 nitrogen and oxygen atoms in total. The Kier molecular flexibility index (Phi) is 4.80. The van der Waals surface area contributed by atoms with Crippen LogP contribution in [0.2, 0.25) is 0 Å². The van der Waals surface area contributed by atoms with Crippen molar-refractivity contribution >= 4 is 21.8 Å². The number of carbonyl (C=O) groups is 1. The molecule has 0 bridgehead atoms. The van der Waals surface area contributed by atoms with Gasteiger partial charge in [-0.3, -0.25) is 9.59 Å². The van der Waals surface area contributed by atoms with Crippen molar-refractivity contribution in [2.45, 2.75) is 6.54 Å². The highest BCUT2D eigenvalue weighted by Crippen LogP contribution is 2.24. The van der Waals surface area contributed by atoms with Gasteiger partial charge in [0, 0.05) is 29.7 Å². The van der Waals surface area contributed by atoms with E-state index in [4.69, 9.17) is 4.74 Å². The lowest BCUT2D eigenvalue weighted by Crippen LogP contribution is -2.28. The lowest BCUT2D eigenvalue weighted by Gasteiger charge is -2.19. The van der Waals surface area contributed by atoms with Crippen LogP contribution in [-0.2, 0) is 6.54 Å². The molecule has 1 amide bonds. The van der Waals surface area contributed by atoms with Crippen molar-refractivity contribution in [3.05, 3.63) is 62.5 Å². The SMILES string of the molecule is COc1ccc(Br)cc1CN(C)C(=O)c1cccc(=O)[nH]1. The minimum atomic E-state index is -0.297. The summed E-state index contributed by atoms with van der Waals surface area (Å²) in [6, 6.07) is 10.1. The molecule has 0 aliphatic heterocycles. The summed E-state index contributed by atoms with van der Waals surface area (Å²) in [5, 5.41) is 0. The molecule has 0 aliphatic carbocycles. The third kappa shape index (κ3) is 3.72. The summed E-state index contributed by atoms with van der Waals surface area (Å²) in [4.78, 5) is 27.6. The van der Waals surface area contributed by atoms with Gasteiger partial charge >= 0.3 is 0 Å². The van der Waals surface area contributed by atoms with Crippen LogP contribution in [0.5, 0.6) is 5.75 Å². The highest BCUT2D eigenvalue weighted by molar-refractivity contribution is 9.10. The Morgan fingerprint density at radius 3 is 2.76 bits per heavy atom. The van der Waals surface area contributed by atoms with Crippen molar-refractivity contribution in [1.29, 1.82) is 0 Å². The Morgan fingerprint density at radius 2 is 2.10 bits per heavy atom. The zero-order valence-electron chi connectivity index (χ0n) is 11.7. The monoisotopic (exact) mass is 350 g/mol. The van der Waals surface area contributed by atoms with E-state index in [1.807, 2.05) is 18.2 Å². The van der Waals surface area contributed by atoms with E-state index in [1.165, 1.54) is 11.0 Å². The number of aromatic nitrogens is 1. The number of amides is 1. The van der Waals surface area contributed by atoms with Gasteiger partial charge in [-0.05, 0) is 24.3 Å². The Balaban J connectivity index is 2.21. The van der Waals surface area contributed by atoms with Crippen LogP contribution < -0.4 is 10.3 Å². The number of hydrogen-bond acceptors (Lipinski definition) is 3. The van der Waals surface area contributed by atoms with Crippen molar-refractivity contribution in [3.8, 4) is 5.75 Å². The average molecular weight is 351 g/mol. The number of H-pyrrole nitrogens is 1. The van der Waals surface area contributed by atoms with Crippen molar-refractivity contribution in [2.24, 2.45) is 0 Å². The number of ether oxygens (including phenoxy) is 1. The molecule has 0 radical (unpaired) electrons. The molecule has 0 saturated heterocycles. The number of hydrogen-bond donors (Lipinski definition) is 1. The van der Waals surface area contributed by atoms with Crippen molar-refractivity contribution in [2.75, 3.05) is 14.2 Å². The number of carbonyl (C=O) groups excluding carboxylic acids is 1. The zero-order valence-corrected chi connectivity index (χ0v) is 13.3. The minimum Gasteiger partial charge on any atom is -0.496 e.